The summed E-state index contributed by atoms with van der Waals surface area (Å²) in [6.07, 6.45) is -9.36. The Balaban J connectivity index is 2.04. The molecule has 1 heterocycles. The number of rotatable bonds is 7. The van der Waals surface area contributed by atoms with Crippen molar-refractivity contribution < 1.29 is 39.5 Å². The van der Waals surface area contributed by atoms with E-state index in [-0.39, 0.29) is 22.0 Å². The highest BCUT2D eigenvalue weighted by molar-refractivity contribution is 7.89. The highest BCUT2D eigenvalue weighted by Gasteiger charge is 2.31. The van der Waals surface area contributed by atoms with E-state index in [0.29, 0.717) is 0 Å². The van der Waals surface area contributed by atoms with Gasteiger partial charge in [-0.1, -0.05) is 18.2 Å². The summed E-state index contributed by atoms with van der Waals surface area (Å²) in [5, 5.41) is 2.47. The molecule has 0 aliphatic heterocycles. The summed E-state index contributed by atoms with van der Waals surface area (Å²) in [5.41, 5.74) is -1.02. The maximum atomic E-state index is 13.0. The average molecular weight is 507 g/mol. The Bertz CT molecular complexity index is 1280. The van der Waals surface area contributed by atoms with E-state index in [1.54, 1.807) is 0 Å². The van der Waals surface area contributed by atoms with Crippen LogP contribution in [0.2, 0.25) is 0 Å². The van der Waals surface area contributed by atoms with Crippen molar-refractivity contribution >= 4 is 21.7 Å². The van der Waals surface area contributed by atoms with Gasteiger partial charge in [-0.05, 0) is 37.4 Å². The molecule has 3 aromatic rings. The van der Waals surface area contributed by atoms with Crippen LogP contribution in [0.4, 0.5) is 38.0 Å². The van der Waals surface area contributed by atoms with Gasteiger partial charge in [-0.2, -0.15) is 41.3 Å². The number of halogens is 6. The van der Waals surface area contributed by atoms with Gasteiger partial charge in [0.15, 0.2) is 12.4 Å². The molecular formula is C19H15F6N5O3S. The molecule has 2 aromatic carbocycles. The lowest BCUT2D eigenvalue weighted by Crippen LogP contribution is -2.20. The van der Waals surface area contributed by atoms with E-state index in [1.165, 1.54) is 31.3 Å². The molecular weight excluding hydrogens is 492 g/mol. The predicted molar refractivity (Wildman–Crippen MR) is 108 cm³/mol. The zero-order valence-corrected chi connectivity index (χ0v) is 17.9. The summed E-state index contributed by atoms with van der Waals surface area (Å²) in [5.74, 6) is -0.710. The predicted octanol–water partition coefficient (Wildman–Crippen LogP) is 4.15. The van der Waals surface area contributed by atoms with E-state index in [4.69, 9.17) is 0 Å². The van der Waals surface area contributed by atoms with Gasteiger partial charge in [0.05, 0.1) is 10.5 Å². The SMILES string of the molecule is CNS(=O)(=O)c1cccc(-c2nc(Nc3cccc(C(F)(F)F)c3)nc(OCC(F)(F)F)n2)c1. The molecule has 34 heavy (non-hydrogen) atoms. The minimum Gasteiger partial charge on any atom is -0.454 e. The molecule has 182 valence electrons. The Morgan fingerprint density at radius 3 is 2.29 bits per heavy atom. The molecule has 0 radical (unpaired) electrons. The van der Waals surface area contributed by atoms with Crippen molar-refractivity contribution in [1.82, 2.24) is 19.7 Å². The van der Waals surface area contributed by atoms with Crippen LogP contribution in [0.15, 0.2) is 53.4 Å². The number of benzene rings is 2. The quantitative estimate of drug-likeness (QED) is 0.463. The second-order valence-electron chi connectivity index (χ2n) is 6.61. The van der Waals surface area contributed by atoms with Crippen molar-refractivity contribution in [3.8, 4) is 17.4 Å². The molecule has 0 atom stereocenters. The molecule has 0 fully saturated rings. The largest absolute Gasteiger partial charge is 0.454 e. The summed E-state index contributed by atoms with van der Waals surface area (Å²) in [4.78, 5) is 11.3. The molecule has 8 nitrogen and oxygen atoms in total. The first kappa shape index (κ1) is 25.2. The summed E-state index contributed by atoms with van der Waals surface area (Å²) < 4.78 is 108. The molecule has 0 unspecified atom stereocenters. The first-order valence-electron chi connectivity index (χ1n) is 9.21. The summed E-state index contributed by atoms with van der Waals surface area (Å²) in [6.45, 7) is -1.74. The van der Waals surface area contributed by atoms with E-state index in [0.717, 1.165) is 24.3 Å². The number of alkyl halides is 6. The van der Waals surface area contributed by atoms with Crippen LogP contribution >= 0.6 is 0 Å². The van der Waals surface area contributed by atoms with Crippen LogP contribution in [0.1, 0.15) is 5.56 Å². The molecule has 2 N–H and O–H groups in total. The normalized spacial score (nSPS) is 12.4. The number of ether oxygens (including phenoxy) is 1. The molecule has 0 amide bonds. The number of anilines is 2. The number of sulfonamides is 1. The zero-order valence-electron chi connectivity index (χ0n) is 17.1. The first-order valence-corrected chi connectivity index (χ1v) is 10.7. The number of hydrogen-bond donors (Lipinski definition) is 2. The zero-order chi connectivity index (χ0) is 25.1. The van der Waals surface area contributed by atoms with Gasteiger partial charge >= 0.3 is 18.4 Å². The third-order valence-electron chi connectivity index (χ3n) is 4.10. The van der Waals surface area contributed by atoms with Gasteiger partial charge in [0.2, 0.25) is 16.0 Å². The Kier molecular flexibility index (Phi) is 6.97. The number of nitrogens with zero attached hydrogens (tertiary/aromatic N) is 3. The summed E-state index contributed by atoms with van der Waals surface area (Å²) >= 11 is 0. The Labute approximate surface area is 189 Å². The minimum atomic E-state index is -4.72. The lowest BCUT2D eigenvalue weighted by molar-refractivity contribution is -0.154. The molecule has 1 aromatic heterocycles. The second-order valence-corrected chi connectivity index (χ2v) is 8.49. The minimum absolute atomic E-state index is 0.0719. The number of hydrogen-bond acceptors (Lipinski definition) is 7. The molecule has 0 saturated carbocycles. The van der Waals surface area contributed by atoms with Gasteiger partial charge in [0, 0.05) is 11.3 Å². The van der Waals surface area contributed by atoms with Crippen molar-refractivity contribution in [2.75, 3.05) is 19.0 Å². The maximum absolute atomic E-state index is 13.0. The number of nitrogens with one attached hydrogen (secondary N) is 2. The van der Waals surface area contributed by atoms with Crippen molar-refractivity contribution in [3.63, 3.8) is 0 Å². The average Bonchev–Trinajstić information content (AvgIpc) is 2.77. The fourth-order valence-corrected chi connectivity index (χ4v) is 3.35. The Hall–Kier alpha value is -3.46. The van der Waals surface area contributed by atoms with Crippen LogP contribution < -0.4 is 14.8 Å². The Morgan fingerprint density at radius 1 is 0.941 bits per heavy atom. The lowest BCUT2D eigenvalue weighted by Gasteiger charge is -2.13. The standard InChI is InChI=1S/C19H15F6N5O3S/c1-26-34(31,32)14-7-2-4-11(8-14)15-28-16(30-17(29-15)33-10-18(20,21)22)27-13-6-3-5-12(9-13)19(23,24)25/h2-9,26H,10H2,1H3,(H,27,28,29,30). The molecule has 0 saturated heterocycles. The van der Waals surface area contributed by atoms with E-state index in [9.17, 15) is 34.8 Å². The third kappa shape index (κ3) is 6.54. The molecule has 0 spiro atoms. The van der Waals surface area contributed by atoms with E-state index in [2.05, 4.69) is 29.7 Å². The molecule has 0 bridgehead atoms. The van der Waals surface area contributed by atoms with Crippen molar-refractivity contribution in [1.29, 1.82) is 0 Å². The Morgan fingerprint density at radius 2 is 1.65 bits per heavy atom. The van der Waals surface area contributed by atoms with Crippen LogP contribution in [0.25, 0.3) is 11.4 Å². The molecule has 0 aliphatic rings. The lowest BCUT2D eigenvalue weighted by atomic mass is 10.2. The number of aromatic nitrogens is 3. The van der Waals surface area contributed by atoms with Gasteiger partial charge in [0.1, 0.15) is 0 Å². The summed E-state index contributed by atoms with van der Waals surface area (Å²) in [6, 6.07) is 8.32. The van der Waals surface area contributed by atoms with Gasteiger partial charge in [-0.3, -0.25) is 0 Å². The van der Waals surface area contributed by atoms with E-state index >= 15 is 0 Å². The van der Waals surface area contributed by atoms with Crippen molar-refractivity contribution in [3.05, 3.63) is 54.1 Å². The molecule has 3 rings (SSSR count). The van der Waals surface area contributed by atoms with Crippen molar-refractivity contribution in [2.45, 2.75) is 17.2 Å². The van der Waals surface area contributed by atoms with Gasteiger partial charge in [0.25, 0.3) is 0 Å². The maximum Gasteiger partial charge on any atom is 0.422 e. The third-order valence-corrected chi connectivity index (χ3v) is 5.51. The highest BCUT2D eigenvalue weighted by Crippen LogP contribution is 2.31. The smallest absolute Gasteiger partial charge is 0.422 e. The van der Waals surface area contributed by atoms with Crippen LogP contribution in [0.5, 0.6) is 6.01 Å². The van der Waals surface area contributed by atoms with Gasteiger partial charge in [-0.25, -0.2) is 13.1 Å². The molecule has 15 heteroatoms. The fourth-order valence-electron chi connectivity index (χ4n) is 2.58. The summed E-state index contributed by atoms with van der Waals surface area (Å²) in [7, 11) is -2.68. The van der Waals surface area contributed by atoms with Crippen LogP contribution in [-0.4, -0.2) is 43.2 Å². The van der Waals surface area contributed by atoms with Crippen LogP contribution in [-0.2, 0) is 16.2 Å². The first-order chi connectivity index (χ1) is 15.8. The monoisotopic (exact) mass is 507 g/mol. The van der Waals surface area contributed by atoms with Crippen LogP contribution in [0, 0.1) is 0 Å². The highest BCUT2D eigenvalue weighted by atomic mass is 32.2. The molecule has 0 aliphatic carbocycles. The second kappa shape index (κ2) is 9.42. The van der Waals surface area contributed by atoms with Crippen molar-refractivity contribution in [2.24, 2.45) is 0 Å². The van der Waals surface area contributed by atoms with Crippen LogP contribution in [0.3, 0.4) is 0 Å². The topological polar surface area (TPSA) is 106 Å². The van der Waals surface area contributed by atoms with E-state index < -0.39 is 46.5 Å². The van der Waals surface area contributed by atoms with Gasteiger partial charge in [-0.15, -0.1) is 0 Å². The fraction of sp³-hybridized carbons (Fsp3) is 0.211. The van der Waals surface area contributed by atoms with Gasteiger partial charge < -0.3 is 10.1 Å². The van der Waals surface area contributed by atoms with E-state index in [1.807, 2.05) is 0 Å².